The first kappa shape index (κ1) is 21.7. The zero-order valence-electron chi connectivity index (χ0n) is 17.8. The van der Waals surface area contributed by atoms with E-state index in [2.05, 4.69) is 5.32 Å². The van der Waals surface area contributed by atoms with Crippen LogP contribution in [0.25, 0.3) is 0 Å². The highest BCUT2D eigenvalue weighted by atomic mass is 35.5. The Morgan fingerprint density at radius 3 is 2.53 bits per heavy atom. The highest BCUT2D eigenvalue weighted by Gasteiger charge is 2.29. The number of anilines is 2. The maximum Gasteiger partial charge on any atom is 0.324 e. The van der Waals surface area contributed by atoms with Crippen LogP contribution in [0.1, 0.15) is 22.3 Å². The van der Waals surface area contributed by atoms with Gasteiger partial charge in [-0.05, 0) is 42.3 Å². The van der Waals surface area contributed by atoms with E-state index in [9.17, 15) is 9.59 Å². The van der Waals surface area contributed by atoms with Crippen molar-refractivity contribution < 1.29 is 14.3 Å². The highest BCUT2D eigenvalue weighted by Crippen LogP contribution is 2.30. The molecule has 6 nitrogen and oxygen atoms in total. The molecule has 164 valence electrons. The van der Waals surface area contributed by atoms with Crippen LogP contribution >= 0.6 is 11.6 Å². The van der Waals surface area contributed by atoms with Gasteiger partial charge in [0.2, 0.25) is 0 Å². The molecule has 7 heteroatoms. The van der Waals surface area contributed by atoms with E-state index in [4.69, 9.17) is 16.3 Å². The molecule has 0 spiro atoms. The molecule has 3 aromatic carbocycles. The van der Waals surface area contributed by atoms with Crippen molar-refractivity contribution in [3.05, 3.63) is 88.9 Å². The summed E-state index contributed by atoms with van der Waals surface area (Å²) in [5, 5.41) is 3.58. The second kappa shape index (κ2) is 9.75. The molecular formula is C25H24ClN3O3. The van der Waals surface area contributed by atoms with E-state index in [0.29, 0.717) is 47.3 Å². The van der Waals surface area contributed by atoms with E-state index < -0.39 is 0 Å². The van der Waals surface area contributed by atoms with Crippen LogP contribution in [0.5, 0.6) is 5.75 Å². The van der Waals surface area contributed by atoms with Crippen molar-refractivity contribution in [2.24, 2.45) is 0 Å². The number of rotatable bonds is 6. The van der Waals surface area contributed by atoms with Gasteiger partial charge in [0.25, 0.3) is 5.91 Å². The highest BCUT2D eigenvalue weighted by molar-refractivity contribution is 6.31. The van der Waals surface area contributed by atoms with Crippen LogP contribution in [0, 0.1) is 0 Å². The molecular weight excluding hydrogens is 426 g/mol. The van der Waals surface area contributed by atoms with Crippen LogP contribution in [0.2, 0.25) is 5.02 Å². The van der Waals surface area contributed by atoms with Crippen LogP contribution in [0.3, 0.4) is 0 Å². The van der Waals surface area contributed by atoms with Crippen molar-refractivity contribution in [1.82, 2.24) is 4.90 Å². The van der Waals surface area contributed by atoms with Gasteiger partial charge in [0.1, 0.15) is 5.75 Å². The van der Waals surface area contributed by atoms with Crippen molar-refractivity contribution in [3.8, 4) is 5.75 Å². The SMILES string of the molecule is COc1ccccc1C(=O)Nc1ccccc1N1CCCN(Cc2ccccc2Cl)C1=O. The summed E-state index contributed by atoms with van der Waals surface area (Å²) in [6.07, 6.45) is 0.810. The summed E-state index contributed by atoms with van der Waals surface area (Å²) in [5.41, 5.74) is 2.55. The number of nitrogens with one attached hydrogen (secondary N) is 1. The van der Waals surface area contributed by atoms with Crippen molar-refractivity contribution in [3.63, 3.8) is 0 Å². The number of para-hydroxylation sites is 3. The number of amides is 3. The number of carbonyl (C=O) groups excluding carboxylic acids is 2. The fraction of sp³-hybridized carbons (Fsp3) is 0.200. The Labute approximate surface area is 192 Å². The van der Waals surface area contributed by atoms with Gasteiger partial charge >= 0.3 is 6.03 Å². The number of nitrogens with zero attached hydrogens (tertiary/aromatic N) is 2. The molecule has 1 heterocycles. The van der Waals surface area contributed by atoms with Gasteiger partial charge in [-0.2, -0.15) is 0 Å². The van der Waals surface area contributed by atoms with Gasteiger partial charge < -0.3 is 15.0 Å². The minimum Gasteiger partial charge on any atom is -0.496 e. The first-order valence-corrected chi connectivity index (χ1v) is 10.8. The smallest absolute Gasteiger partial charge is 0.324 e. The predicted octanol–water partition coefficient (Wildman–Crippen LogP) is 5.43. The normalized spacial score (nSPS) is 13.8. The number of benzene rings is 3. The second-order valence-electron chi connectivity index (χ2n) is 7.47. The maximum atomic E-state index is 13.3. The Morgan fingerprint density at radius 1 is 1.00 bits per heavy atom. The molecule has 0 unspecified atom stereocenters. The number of halogens is 1. The van der Waals surface area contributed by atoms with E-state index >= 15 is 0 Å². The lowest BCUT2D eigenvalue weighted by Crippen LogP contribution is -2.49. The van der Waals surface area contributed by atoms with Gasteiger partial charge in [0, 0.05) is 24.7 Å². The monoisotopic (exact) mass is 449 g/mol. The summed E-state index contributed by atoms with van der Waals surface area (Å²) >= 11 is 6.30. The fourth-order valence-corrected chi connectivity index (χ4v) is 4.02. The lowest BCUT2D eigenvalue weighted by atomic mass is 10.1. The number of methoxy groups -OCH3 is 1. The van der Waals surface area contributed by atoms with E-state index in [0.717, 1.165) is 12.0 Å². The molecule has 0 saturated carbocycles. The van der Waals surface area contributed by atoms with Crippen molar-refractivity contribution in [2.45, 2.75) is 13.0 Å². The van der Waals surface area contributed by atoms with Crippen LogP contribution in [0.15, 0.2) is 72.8 Å². The Kier molecular flexibility index (Phi) is 6.61. The van der Waals surface area contributed by atoms with E-state index in [1.807, 2.05) is 48.5 Å². The van der Waals surface area contributed by atoms with Gasteiger partial charge in [0.15, 0.2) is 0 Å². The summed E-state index contributed by atoms with van der Waals surface area (Å²) in [6, 6.07) is 21.8. The first-order valence-electron chi connectivity index (χ1n) is 10.4. The summed E-state index contributed by atoms with van der Waals surface area (Å²) < 4.78 is 5.31. The van der Waals surface area contributed by atoms with Crippen molar-refractivity contribution >= 4 is 34.9 Å². The third-order valence-electron chi connectivity index (χ3n) is 5.42. The molecule has 0 radical (unpaired) electrons. The summed E-state index contributed by atoms with van der Waals surface area (Å²) in [6.45, 7) is 1.65. The quantitative estimate of drug-likeness (QED) is 0.545. The Balaban J connectivity index is 1.57. The van der Waals surface area contributed by atoms with Gasteiger partial charge in [-0.15, -0.1) is 0 Å². The minimum atomic E-state index is -0.299. The van der Waals surface area contributed by atoms with E-state index in [1.54, 1.807) is 34.1 Å². The first-order chi connectivity index (χ1) is 15.6. The number of hydrogen-bond acceptors (Lipinski definition) is 3. The molecule has 0 atom stereocenters. The molecule has 4 rings (SSSR count). The van der Waals surface area contributed by atoms with Gasteiger partial charge in [-0.25, -0.2) is 4.79 Å². The minimum absolute atomic E-state index is 0.116. The van der Waals surface area contributed by atoms with Gasteiger partial charge in [-0.1, -0.05) is 54.1 Å². The summed E-state index contributed by atoms with van der Waals surface area (Å²) in [4.78, 5) is 29.7. The molecule has 0 aromatic heterocycles. The molecule has 0 bridgehead atoms. The van der Waals surface area contributed by atoms with Crippen LogP contribution in [-0.2, 0) is 6.54 Å². The Hall–Kier alpha value is -3.51. The summed E-state index contributed by atoms with van der Waals surface area (Å²) in [5.74, 6) is 0.190. The molecule has 1 aliphatic rings. The number of urea groups is 1. The average Bonchev–Trinajstić information content (AvgIpc) is 2.82. The fourth-order valence-electron chi connectivity index (χ4n) is 3.82. The molecule has 1 fully saturated rings. The molecule has 1 N–H and O–H groups in total. The molecule has 1 saturated heterocycles. The van der Waals surface area contributed by atoms with Crippen molar-refractivity contribution in [1.29, 1.82) is 0 Å². The average molecular weight is 450 g/mol. The topological polar surface area (TPSA) is 61.9 Å². The summed E-state index contributed by atoms with van der Waals surface area (Å²) in [7, 11) is 1.53. The van der Waals surface area contributed by atoms with Crippen LogP contribution < -0.4 is 15.0 Å². The molecule has 3 amide bonds. The number of ether oxygens (including phenoxy) is 1. The standard InChI is InChI=1S/C25H24ClN3O3/c1-32-23-14-7-3-10-19(23)24(30)27-21-12-5-6-13-22(21)29-16-8-15-28(25(29)31)17-18-9-2-4-11-20(18)26/h2-7,9-14H,8,15-17H2,1H3,(H,27,30). The number of hydrogen-bond donors (Lipinski definition) is 1. The number of carbonyl (C=O) groups is 2. The van der Waals surface area contributed by atoms with E-state index in [1.165, 1.54) is 7.11 Å². The Morgan fingerprint density at radius 2 is 1.72 bits per heavy atom. The largest absolute Gasteiger partial charge is 0.496 e. The second-order valence-corrected chi connectivity index (χ2v) is 7.88. The van der Waals surface area contributed by atoms with Gasteiger partial charge in [0.05, 0.1) is 24.0 Å². The zero-order chi connectivity index (χ0) is 22.5. The van der Waals surface area contributed by atoms with Crippen LogP contribution in [0.4, 0.5) is 16.2 Å². The lowest BCUT2D eigenvalue weighted by molar-refractivity contribution is 0.102. The lowest BCUT2D eigenvalue weighted by Gasteiger charge is -2.36. The van der Waals surface area contributed by atoms with Crippen molar-refractivity contribution in [2.75, 3.05) is 30.4 Å². The zero-order valence-corrected chi connectivity index (χ0v) is 18.5. The maximum absolute atomic E-state index is 13.3. The molecule has 32 heavy (non-hydrogen) atoms. The van der Waals surface area contributed by atoms with Crippen LogP contribution in [-0.4, -0.2) is 37.0 Å². The van der Waals surface area contributed by atoms with E-state index in [-0.39, 0.29) is 11.9 Å². The predicted molar refractivity (Wildman–Crippen MR) is 127 cm³/mol. The molecule has 1 aliphatic heterocycles. The Bertz CT molecular complexity index is 1130. The molecule has 3 aromatic rings. The molecule has 0 aliphatic carbocycles. The third kappa shape index (κ3) is 4.55. The van der Waals surface area contributed by atoms with Gasteiger partial charge in [-0.3, -0.25) is 9.69 Å². The third-order valence-corrected chi connectivity index (χ3v) is 5.79.